The van der Waals surface area contributed by atoms with Crippen LogP contribution in [0, 0.1) is 5.92 Å². The third-order valence-electron chi connectivity index (χ3n) is 3.85. The number of para-hydroxylation sites is 2. The number of nitrogens with one attached hydrogen (secondary N) is 1. The van der Waals surface area contributed by atoms with Crippen molar-refractivity contribution >= 4 is 17.0 Å². The monoisotopic (exact) mass is 304 g/mol. The first-order valence-corrected chi connectivity index (χ1v) is 7.80. The van der Waals surface area contributed by atoms with E-state index in [1.807, 2.05) is 13.0 Å². The summed E-state index contributed by atoms with van der Waals surface area (Å²) in [4.78, 5) is 24.4. The van der Waals surface area contributed by atoms with Crippen molar-refractivity contribution in [1.82, 2.24) is 9.88 Å². The molecule has 0 saturated carbocycles. The molecule has 1 N–H and O–H groups in total. The molecule has 0 fully saturated rings. The average molecular weight is 304 g/mol. The SMILES string of the molecule is CC(C)CCC(C)NC(=O)C(C)n1c(=O)oc2ccccc21. The maximum atomic E-state index is 12.4. The molecule has 0 saturated heterocycles. The fourth-order valence-corrected chi connectivity index (χ4v) is 2.49. The molecule has 1 aromatic heterocycles. The van der Waals surface area contributed by atoms with E-state index >= 15 is 0 Å². The van der Waals surface area contributed by atoms with Gasteiger partial charge in [-0.1, -0.05) is 26.0 Å². The summed E-state index contributed by atoms with van der Waals surface area (Å²) in [6, 6.07) is 6.62. The number of amides is 1. The molecule has 22 heavy (non-hydrogen) atoms. The summed E-state index contributed by atoms with van der Waals surface area (Å²) in [6.45, 7) is 8.03. The number of carbonyl (C=O) groups excluding carboxylic acids is 1. The maximum absolute atomic E-state index is 12.4. The maximum Gasteiger partial charge on any atom is 0.420 e. The Kier molecular flexibility index (Phi) is 5.06. The normalized spacial score (nSPS) is 14.2. The fourth-order valence-electron chi connectivity index (χ4n) is 2.49. The lowest BCUT2D eigenvalue weighted by Gasteiger charge is -2.18. The molecule has 2 aromatic rings. The third kappa shape index (κ3) is 3.59. The second kappa shape index (κ2) is 6.81. The number of hydrogen-bond donors (Lipinski definition) is 1. The van der Waals surface area contributed by atoms with Gasteiger partial charge in [-0.3, -0.25) is 9.36 Å². The Hall–Kier alpha value is -2.04. The number of oxazole rings is 1. The second-order valence-corrected chi connectivity index (χ2v) is 6.26. The van der Waals surface area contributed by atoms with E-state index in [4.69, 9.17) is 4.42 Å². The van der Waals surface area contributed by atoms with Crippen molar-refractivity contribution < 1.29 is 9.21 Å². The van der Waals surface area contributed by atoms with Gasteiger partial charge in [-0.15, -0.1) is 0 Å². The number of benzene rings is 1. The molecule has 120 valence electrons. The topological polar surface area (TPSA) is 64.2 Å². The van der Waals surface area contributed by atoms with Gasteiger partial charge in [-0.25, -0.2) is 4.79 Å². The van der Waals surface area contributed by atoms with Crippen LogP contribution in [0.2, 0.25) is 0 Å². The number of nitrogens with zero attached hydrogens (tertiary/aromatic N) is 1. The zero-order valence-corrected chi connectivity index (χ0v) is 13.6. The summed E-state index contributed by atoms with van der Waals surface area (Å²) in [5.41, 5.74) is 1.14. The quantitative estimate of drug-likeness (QED) is 0.892. The summed E-state index contributed by atoms with van der Waals surface area (Å²) >= 11 is 0. The van der Waals surface area contributed by atoms with Crippen LogP contribution in [-0.2, 0) is 4.79 Å². The number of hydrogen-bond acceptors (Lipinski definition) is 3. The van der Waals surface area contributed by atoms with Crippen molar-refractivity contribution in [2.24, 2.45) is 5.92 Å². The molecule has 0 aliphatic rings. The third-order valence-corrected chi connectivity index (χ3v) is 3.85. The molecule has 0 spiro atoms. The molecule has 0 bridgehead atoms. The van der Waals surface area contributed by atoms with Gasteiger partial charge in [0, 0.05) is 6.04 Å². The van der Waals surface area contributed by atoms with Crippen LogP contribution in [0.1, 0.15) is 46.6 Å². The van der Waals surface area contributed by atoms with E-state index in [0.29, 0.717) is 17.0 Å². The molecule has 2 atom stereocenters. The molecule has 0 aliphatic carbocycles. The Labute approximate surface area is 130 Å². The summed E-state index contributed by atoms with van der Waals surface area (Å²) < 4.78 is 6.58. The Morgan fingerprint density at radius 2 is 1.86 bits per heavy atom. The molecule has 2 unspecified atom stereocenters. The van der Waals surface area contributed by atoms with Gasteiger partial charge in [-0.2, -0.15) is 0 Å². The highest BCUT2D eigenvalue weighted by atomic mass is 16.4. The zero-order valence-electron chi connectivity index (χ0n) is 13.6. The van der Waals surface area contributed by atoms with Gasteiger partial charge in [0.05, 0.1) is 5.52 Å². The van der Waals surface area contributed by atoms with Gasteiger partial charge in [0.15, 0.2) is 5.58 Å². The Morgan fingerprint density at radius 3 is 2.55 bits per heavy atom. The summed E-state index contributed by atoms with van der Waals surface area (Å²) in [5.74, 6) is -0.0548. The van der Waals surface area contributed by atoms with E-state index in [1.54, 1.807) is 25.1 Å². The highest BCUT2D eigenvalue weighted by Gasteiger charge is 2.22. The summed E-state index contributed by atoms with van der Waals surface area (Å²) in [6.07, 6.45) is 1.99. The first kappa shape index (κ1) is 16.3. The predicted octanol–water partition coefficient (Wildman–Crippen LogP) is 3.10. The molecule has 1 amide bonds. The number of rotatable bonds is 6. The van der Waals surface area contributed by atoms with Gasteiger partial charge >= 0.3 is 5.76 Å². The summed E-state index contributed by atoms with van der Waals surface area (Å²) in [5, 5.41) is 2.97. The van der Waals surface area contributed by atoms with E-state index in [0.717, 1.165) is 12.8 Å². The van der Waals surface area contributed by atoms with Gasteiger partial charge in [0.2, 0.25) is 5.91 Å². The highest BCUT2D eigenvalue weighted by molar-refractivity contribution is 5.83. The van der Waals surface area contributed by atoms with Crippen LogP contribution in [0.25, 0.3) is 11.1 Å². The first-order chi connectivity index (χ1) is 10.4. The van der Waals surface area contributed by atoms with E-state index in [-0.39, 0.29) is 11.9 Å². The molecule has 0 aliphatic heterocycles. The minimum absolute atomic E-state index is 0.0891. The van der Waals surface area contributed by atoms with Crippen molar-refractivity contribution in [3.8, 4) is 0 Å². The highest BCUT2D eigenvalue weighted by Crippen LogP contribution is 2.17. The number of carbonyl (C=O) groups is 1. The van der Waals surface area contributed by atoms with Crippen LogP contribution in [0.5, 0.6) is 0 Å². The molecule has 5 nitrogen and oxygen atoms in total. The Bertz CT molecular complexity index is 699. The minimum Gasteiger partial charge on any atom is -0.408 e. The van der Waals surface area contributed by atoms with Crippen LogP contribution < -0.4 is 11.1 Å². The van der Waals surface area contributed by atoms with Gasteiger partial charge in [0.1, 0.15) is 6.04 Å². The minimum atomic E-state index is -0.599. The van der Waals surface area contributed by atoms with Gasteiger partial charge in [0.25, 0.3) is 0 Å². The van der Waals surface area contributed by atoms with Crippen LogP contribution >= 0.6 is 0 Å². The lowest BCUT2D eigenvalue weighted by Crippen LogP contribution is -2.39. The molecule has 2 rings (SSSR count). The average Bonchev–Trinajstić information content (AvgIpc) is 2.80. The lowest BCUT2D eigenvalue weighted by molar-refractivity contribution is -0.124. The van der Waals surface area contributed by atoms with Crippen molar-refractivity contribution in [2.75, 3.05) is 0 Å². The van der Waals surface area contributed by atoms with Crippen LogP contribution in [0.3, 0.4) is 0 Å². The van der Waals surface area contributed by atoms with Crippen LogP contribution in [0.15, 0.2) is 33.5 Å². The zero-order chi connectivity index (χ0) is 16.3. The van der Waals surface area contributed by atoms with E-state index < -0.39 is 11.8 Å². The molecular weight excluding hydrogens is 280 g/mol. The van der Waals surface area contributed by atoms with Crippen molar-refractivity contribution in [1.29, 1.82) is 0 Å². The summed E-state index contributed by atoms with van der Waals surface area (Å²) in [7, 11) is 0. The molecular formula is C17H24N2O3. The van der Waals surface area contributed by atoms with Crippen molar-refractivity contribution in [2.45, 2.75) is 52.6 Å². The molecule has 0 radical (unpaired) electrons. The molecule has 1 heterocycles. The van der Waals surface area contributed by atoms with Crippen molar-refractivity contribution in [3.63, 3.8) is 0 Å². The standard InChI is InChI=1S/C17H24N2O3/c1-11(2)9-10-12(3)18-16(20)13(4)19-14-7-5-6-8-15(14)22-17(19)21/h5-8,11-13H,9-10H2,1-4H3,(H,18,20). The lowest BCUT2D eigenvalue weighted by atomic mass is 10.0. The van der Waals surface area contributed by atoms with Crippen LogP contribution in [0.4, 0.5) is 0 Å². The number of aromatic nitrogens is 1. The van der Waals surface area contributed by atoms with Crippen molar-refractivity contribution in [3.05, 3.63) is 34.8 Å². The van der Waals surface area contributed by atoms with Crippen LogP contribution in [-0.4, -0.2) is 16.5 Å². The predicted molar refractivity (Wildman–Crippen MR) is 86.9 cm³/mol. The second-order valence-electron chi connectivity index (χ2n) is 6.26. The fraction of sp³-hybridized carbons (Fsp3) is 0.529. The van der Waals surface area contributed by atoms with Gasteiger partial charge in [-0.05, 0) is 44.7 Å². The van der Waals surface area contributed by atoms with E-state index in [1.165, 1.54) is 4.57 Å². The number of fused-ring (bicyclic) bond motifs is 1. The van der Waals surface area contributed by atoms with E-state index in [2.05, 4.69) is 19.2 Å². The smallest absolute Gasteiger partial charge is 0.408 e. The first-order valence-electron chi connectivity index (χ1n) is 7.80. The Balaban J connectivity index is 2.13. The largest absolute Gasteiger partial charge is 0.420 e. The van der Waals surface area contributed by atoms with E-state index in [9.17, 15) is 9.59 Å². The molecule has 5 heteroatoms. The van der Waals surface area contributed by atoms with Gasteiger partial charge < -0.3 is 9.73 Å². The Morgan fingerprint density at radius 1 is 1.18 bits per heavy atom. The molecule has 1 aromatic carbocycles.